The van der Waals surface area contributed by atoms with Gasteiger partial charge in [0.1, 0.15) is 5.41 Å². The topological polar surface area (TPSA) is 66.4 Å². The molecule has 96 valence electrons. The molecule has 1 amide bonds. The second-order valence-electron chi connectivity index (χ2n) is 5.94. The van der Waals surface area contributed by atoms with Crippen molar-refractivity contribution >= 4 is 11.9 Å². The van der Waals surface area contributed by atoms with Crippen LogP contribution in [-0.2, 0) is 9.59 Å². The first-order chi connectivity index (χ1) is 7.93. The lowest BCUT2D eigenvalue weighted by Gasteiger charge is -2.36. The molecule has 2 N–H and O–H groups in total. The lowest BCUT2D eigenvalue weighted by atomic mass is 9.68. The molecule has 0 heterocycles. The Hall–Kier alpha value is -1.06. The minimum atomic E-state index is -1.12. The van der Waals surface area contributed by atoms with Crippen molar-refractivity contribution in [3.63, 3.8) is 0 Å². The maximum absolute atomic E-state index is 12.0. The van der Waals surface area contributed by atoms with Gasteiger partial charge in [-0.15, -0.1) is 0 Å². The molecule has 2 saturated carbocycles. The Labute approximate surface area is 102 Å². The SMILES string of the molecule is CC(C)C1(CNC(=O)C2(C(=O)O)CCC2)CC1. The second kappa shape index (κ2) is 4.00. The number of carbonyl (C=O) groups excluding carboxylic acids is 1. The number of hydrogen-bond acceptors (Lipinski definition) is 2. The third kappa shape index (κ3) is 1.94. The van der Waals surface area contributed by atoms with Crippen LogP contribution in [0, 0.1) is 16.7 Å². The summed E-state index contributed by atoms with van der Waals surface area (Å²) in [5, 5.41) is 12.0. The van der Waals surface area contributed by atoms with Crippen molar-refractivity contribution in [2.45, 2.75) is 46.0 Å². The van der Waals surface area contributed by atoms with E-state index < -0.39 is 11.4 Å². The molecule has 0 atom stereocenters. The highest BCUT2D eigenvalue weighted by molar-refractivity contribution is 6.02. The summed E-state index contributed by atoms with van der Waals surface area (Å²) in [5.41, 5.74) is -0.883. The molecule has 2 aliphatic rings. The maximum atomic E-state index is 12.0. The first-order valence-electron chi connectivity index (χ1n) is 6.45. The lowest BCUT2D eigenvalue weighted by molar-refractivity contribution is -0.162. The molecule has 2 aliphatic carbocycles. The number of carboxylic acid groups (broad SMARTS) is 1. The molecule has 0 aromatic carbocycles. The van der Waals surface area contributed by atoms with E-state index in [1.54, 1.807) is 0 Å². The Morgan fingerprint density at radius 3 is 2.12 bits per heavy atom. The van der Waals surface area contributed by atoms with Gasteiger partial charge in [0.2, 0.25) is 5.91 Å². The van der Waals surface area contributed by atoms with Crippen molar-refractivity contribution in [2.24, 2.45) is 16.7 Å². The molecule has 0 aromatic rings. The quantitative estimate of drug-likeness (QED) is 0.719. The zero-order valence-electron chi connectivity index (χ0n) is 10.6. The van der Waals surface area contributed by atoms with Gasteiger partial charge in [-0.2, -0.15) is 0 Å². The maximum Gasteiger partial charge on any atom is 0.319 e. The predicted octanol–water partition coefficient (Wildman–Crippen LogP) is 1.79. The van der Waals surface area contributed by atoms with Crippen LogP contribution >= 0.6 is 0 Å². The number of hydrogen-bond donors (Lipinski definition) is 2. The van der Waals surface area contributed by atoms with Crippen molar-refractivity contribution in [1.82, 2.24) is 5.32 Å². The molecular formula is C13H21NO3. The zero-order valence-corrected chi connectivity index (χ0v) is 10.6. The number of rotatable bonds is 5. The summed E-state index contributed by atoms with van der Waals surface area (Å²) in [6.45, 7) is 4.96. The van der Waals surface area contributed by atoms with Crippen LogP contribution < -0.4 is 5.32 Å². The Morgan fingerprint density at radius 1 is 1.24 bits per heavy atom. The molecule has 4 nitrogen and oxygen atoms in total. The summed E-state index contributed by atoms with van der Waals surface area (Å²) in [7, 11) is 0. The van der Waals surface area contributed by atoms with Gasteiger partial charge in [0, 0.05) is 6.54 Å². The van der Waals surface area contributed by atoms with Crippen LogP contribution in [-0.4, -0.2) is 23.5 Å². The smallest absolute Gasteiger partial charge is 0.319 e. The third-order valence-corrected chi connectivity index (χ3v) is 4.77. The van der Waals surface area contributed by atoms with E-state index in [4.69, 9.17) is 5.11 Å². The van der Waals surface area contributed by atoms with Crippen LogP contribution in [0.4, 0.5) is 0 Å². The molecule has 0 aromatic heterocycles. The normalized spacial score (nSPS) is 23.9. The van der Waals surface area contributed by atoms with Gasteiger partial charge in [-0.1, -0.05) is 20.3 Å². The zero-order chi connectivity index (χ0) is 12.7. The average molecular weight is 239 g/mol. The summed E-state index contributed by atoms with van der Waals surface area (Å²) in [6.07, 6.45) is 4.11. The van der Waals surface area contributed by atoms with Crippen LogP contribution in [0.2, 0.25) is 0 Å². The number of amides is 1. The lowest BCUT2D eigenvalue weighted by Crippen LogP contribution is -2.52. The van der Waals surface area contributed by atoms with Gasteiger partial charge in [0.25, 0.3) is 0 Å². The van der Waals surface area contributed by atoms with E-state index in [1.165, 1.54) is 0 Å². The van der Waals surface area contributed by atoms with Gasteiger partial charge < -0.3 is 10.4 Å². The highest BCUT2D eigenvalue weighted by atomic mass is 16.4. The van der Waals surface area contributed by atoms with E-state index in [0.29, 0.717) is 25.3 Å². The van der Waals surface area contributed by atoms with Gasteiger partial charge in [-0.05, 0) is 37.0 Å². The average Bonchev–Trinajstić information content (AvgIpc) is 2.92. The Morgan fingerprint density at radius 2 is 1.82 bits per heavy atom. The van der Waals surface area contributed by atoms with Crippen molar-refractivity contribution < 1.29 is 14.7 Å². The Bertz CT molecular complexity index is 341. The minimum absolute atomic E-state index is 0.235. The van der Waals surface area contributed by atoms with E-state index in [1.807, 2.05) is 0 Å². The van der Waals surface area contributed by atoms with Crippen molar-refractivity contribution in [3.8, 4) is 0 Å². The molecule has 0 bridgehead atoms. The number of nitrogens with one attached hydrogen (secondary N) is 1. The van der Waals surface area contributed by atoms with E-state index >= 15 is 0 Å². The molecule has 0 saturated heterocycles. The van der Waals surface area contributed by atoms with Crippen molar-refractivity contribution in [1.29, 1.82) is 0 Å². The standard InChI is InChI=1S/C13H21NO3/c1-9(2)12(6-7-12)8-14-10(15)13(11(16)17)4-3-5-13/h9H,3-8H2,1-2H3,(H,14,15)(H,16,17). The van der Waals surface area contributed by atoms with E-state index in [0.717, 1.165) is 19.3 Å². The summed E-state index contributed by atoms with van der Waals surface area (Å²) >= 11 is 0. The fraction of sp³-hybridized carbons (Fsp3) is 0.846. The molecule has 17 heavy (non-hydrogen) atoms. The highest BCUT2D eigenvalue weighted by Gasteiger charge is 2.52. The van der Waals surface area contributed by atoms with E-state index in [-0.39, 0.29) is 11.3 Å². The highest BCUT2D eigenvalue weighted by Crippen LogP contribution is 2.51. The van der Waals surface area contributed by atoms with Crippen molar-refractivity contribution in [3.05, 3.63) is 0 Å². The number of aliphatic carboxylic acids is 1. The molecule has 2 fully saturated rings. The molecular weight excluding hydrogens is 218 g/mol. The monoisotopic (exact) mass is 239 g/mol. The predicted molar refractivity (Wildman–Crippen MR) is 63.4 cm³/mol. The summed E-state index contributed by atoms with van der Waals surface area (Å²) in [4.78, 5) is 23.2. The minimum Gasteiger partial charge on any atom is -0.480 e. The van der Waals surface area contributed by atoms with Crippen LogP contribution in [0.5, 0.6) is 0 Å². The molecule has 0 radical (unpaired) electrons. The van der Waals surface area contributed by atoms with Crippen LogP contribution in [0.25, 0.3) is 0 Å². The summed E-state index contributed by atoms with van der Waals surface area (Å²) in [6, 6.07) is 0. The number of carboxylic acids is 1. The Kier molecular flexibility index (Phi) is 2.92. The first kappa shape index (κ1) is 12.4. The molecule has 0 unspecified atom stereocenters. The summed E-state index contributed by atoms with van der Waals surface area (Å²) in [5.74, 6) is -0.691. The van der Waals surface area contributed by atoms with Gasteiger partial charge in [-0.25, -0.2) is 0 Å². The van der Waals surface area contributed by atoms with Gasteiger partial charge in [-0.3, -0.25) is 9.59 Å². The third-order valence-electron chi connectivity index (χ3n) is 4.77. The van der Waals surface area contributed by atoms with Gasteiger partial charge in [0.15, 0.2) is 0 Å². The number of carbonyl (C=O) groups is 2. The van der Waals surface area contributed by atoms with Crippen molar-refractivity contribution in [2.75, 3.05) is 6.54 Å². The fourth-order valence-corrected chi connectivity index (χ4v) is 2.61. The summed E-state index contributed by atoms with van der Waals surface area (Å²) < 4.78 is 0. The second-order valence-corrected chi connectivity index (χ2v) is 5.94. The molecule has 2 rings (SSSR count). The van der Waals surface area contributed by atoms with E-state index in [9.17, 15) is 9.59 Å². The fourth-order valence-electron chi connectivity index (χ4n) is 2.61. The van der Waals surface area contributed by atoms with Crippen LogP contribution in [0.3, 0.4) is 0 Å². The van der Waals surface area contributed by atoms with Gasteiger partial charge in [0.05, 0.1) is 0 Å². The van der Waals surface area contributed by atoms with Gasteiger partial charge >= 0.3 is 5.97 Å². The van der Waals surface area contributed by atoms with Crippen LogP contribution in [0.15, 0.2) is 0 Å². The molecule has 4 heteroatoms. The Balaban J connectivity index is 1.92. The molecule has 0 spiro atoms. The largest absolute Gasteiger partial charge is 0.480 e. The van der Waals surface area contributed by atoms with Crippen LogP contribution in [0.1, 0.15) is 46.0 Å². The molecule has 0 aliphatic heterocycles. The van der Waals surface area contributed by atoms with E-state index in [2.05, 4.69) is 19.2 Å². The first-order valence-corrected chi connectivity index (χ1v) is 6.45.